The molecule has 0 spiro atoms. The van der Waals surface area contributed by atoms with Gasteiger partial charge in [0.2, 0.25) is 0 Å². The lowest BCUT2D eigenvalue weighted by molar-refractivity contribution is 0.0499. The van der Waals surface area contributed by atoms with E-state index in [0.29, 0.717) is 11.6 Å². The molecule has 3 heteroatoms. The molecule has 0 radical (unpaired) electrons. The van der Waals surface area contributed by atoms with Crippen molar-refractivity contribution in [1.82, 2.24) is 10.2 Å². The number of nitrogens with zero attached hydrogens (tertiary/aromatic N) is 1. The maximum Gasteiger partial charge on any atom is 0.0462 e. The minimum Gasteiger partial charge on any atom is -0.385 e. The molecule has 0 amide bonds. The summed E-state index contributed by atoms with van der Waals surface area (Å²) in [5.41, 5.74) is 0.363. The van der Waals surface area contributed by atoms with Crippen LogP contribution in [0.3, 0.4) is 0 Å². The highest BCUT2D eigenvalue weighted by Crippen LogP contribution is 2.36. The Morgan fingerprint density at radius 1 is 1.22 bits per heavy atom. The number of methoxy groups -OCH3 is 1. The lowest BCUT2D eigenvalue weighted by Gasteiger charge is -2.49. The summed E-state index contributed by atoms with van der Waals surface area (Å²) in [7, 11) is 6.31. The molecule has 1 N–H and O–H groups in total. The Bertz CT molecular complexity index is 213. The highest BCUT2D eigenvalue weighted by atomic mass is 16.5. The predicted molar refractivity (Wildman–Crippen MR) is 78.1 cm³/mol. The van der Waals surface area contributed by atoms with Crippen molar-refractivity contribution in [2.24, 2.45) is 0 Å². The first kappa shape index (κ1) is 15.9. The fourth-order valence-corrected chi connectivity index (χ4v) is 3.51. The summed E-state index contributed by atoms with van der Waals surface area (Å²) in [5, 5.41) is 3.74. The van der Waals surface area contributed by atoms with Crippen molar-refractivity contribution >= 4 is 0 Å². The van der Waals surface area contributed by atoms with Gasteiger partial charge in [-0.1, -0.05) is 26.2 Å². The Morgan fingerprint density at radius 2 is 1.89 bits per heavy atom. The molecule has 0 aromatic heterocycles. The molecule has 0 saturated heterocycles. The lowest BCUT2D eigenvalue weighted by atomic mass is 9.74. The number of rotatable bonds is 8. The maximum absolute atomic E-state index is 5.21. The van der Waals surface area contributed by atoms with E-state index in [0.717, 1.165) is 19.6 Å². The van der Waals surface area contributed by atoms with Crippen molar-refractivity contribution in [3.05, 3.63) is 0 Å². The van der Waals surface area contributed by atoms with Gasteiger partial charge in [-0.15, -0.1) is 0 Å². The Labute approximate surface area is 113 Å². The van der Waals surface area contributed by atoms with Gasteiger partial charge in [0.15, 0.2) is 0 Å². The number of ether oxygens (including phenoxy) is 1. The third-order valence-electron chi connectivity index (χ3n) is 4.55. The topological polar surface area (TPSA) is 24.5 Å². The van der Waals surface area contributed by atoms with Crippen LogP contribution in [0, 0.1) is 0 Å². The molecular formula is C15H32N2O. The van der Waals surface area contributed by atoms with Gasteiger partial charge in [-0.2, -0.15) is 0 Å². The van der Waals surface area contributed by atoms with E-state index < -0.39 is 0 Å². The van der Waals surface area contributed by atoms with Crippen LogP contribution in [-0.4, -0.2) is 50.8 Å². The lowest BCUT2D eigenvalue weighted by Crippen LogP contribution is -2.60. The Hall–Kier alpha value is -0.120. The average molecular weight is 256 g/mol. The molecule has 0 aromatic carbocycles. The molecular weight excluding hydrogens is 224 g/mol. The quantitative estimate of drug-likeness (QED) is 0.676. The molecule has 1 fully saturated rings. The van der Waals surface area contributed by atoms with Crippen LogP contribution in [0.2, 0.25) is 0 Å². The fraction of sp³-hybridized carbons (Fsp3) is 1.00. The molecule has 1 saturated carbocycles. The second-order valence-corrected chi connectivity index (χ2v) is 5.80. The summed E-state index contributed by atoms with van der Waals surface area (Å²) in [6.07, 6.45) is 9.22. The van der Waals surface area contributed by atoms with Crippen molar-refractivity contribution in [3.8, 4) is 0 Å². The van der Waals surface area contributed by atoms with Crippen LogP contribution < -0.4 is 5.32 Å². The van der Waals surface area contributed by atoms with E-state index in [-0.39, 0.29) is 0 Å². The molecule has 0 aliphatic heterocycles. The summed E-state index contributed by atoms with van der Waals surface area (Å²) >= 11 is 0. The zero-order valence-electron chi connectivity index (χ0n) is 12.8. The largest absolute Gasteiger partial charge is 0.385 e. The van der Waals surface area contributed by atoms with E-state index in [2.05, 4.69) is 31.2 Å². The second kappa shape index (κ2) is 8.13. The molecule has 1 rings (SSSR count). The van der Waals surface area contributed by atoms with E-state index in [1.807, 2.05) is 0 Å². The molecule has 0 bridgehead atoms. The monoisotopic (exact) mass is 256 g/mol. The standard InChI is InChI=1S/C15H32N2O/c1-5-16-14(10-9-13-18-4)15(17(2)3)11-7-6-8-12-15/h14,16H,5-13H2,1-4H3. The van der Waals surface area contributed by atoms with Gasteiger partial charge in [-0.3, -0.25) is 0 Å². The Kier molecular flexibility index (Phi) is 7.20. The van der Waals surface area contributed by atoms with E-state index in [1.165, 1.54) is 38.5 Å². The summed E-state index contributed by atoms with van der Waals surface area (Å²) < 4.78 is 5.21. The molecule has 1 atom stereocenters. The molecule has 1 aliphatic carbocycles. The van der Waals surface area contributed by atoms with Crippen molar-refractivity contribution in [2.75, 3.05) is 34.4 Å². The van der Waals surface area contributed by atoms with E-state index in [4.69, 9.17) is 4.74 Å². The van der Waals surface area contributed by atoms with Crippen LogP contribution in [0.25, 0.3) is 0 Å². The smallest absolute Gasteiger partial charge is 0.0462 e. The molecule has 3 nitrogen and oxygen atoms in total. The number of likely N-dealkylation sites (N-methyl/N-ethyl adjacent to an activating group) is 2. The van der Waals surface area contributed by atoms with E-state index in [1.54, 1.807) is 7.11 Å². The first-order chi connectivity index (χ1) is 8.67. The molecule has 0 heterocycles. The highest BCUT2D eigenvalue weighted by molar-refractivity contribution is 5.00. The molecule has 108 valence electrons. The van der Waals surface area contributed by atoms with Crippen LogP contribution in [0.15, 0.2) is 0 Å². The first-order valence-corrected chi connectivity index (χ1v) is 7.57. The zero-order valence-corrected chi connectivity index (χ0v) is 12.8. The van der Waals surface area contributed by atoms with Crippen LogP contribution in [-0.2, 0) is 4.74 Å². The van der Waals surface area contributed by atoms with Crippen LogP contribution in [0.4, 0.5) is 0 Å². The summed E-state index contributed by atoms with van der Waals surface area (Å²) in [5.74, 6) is 0. The number of hydrogen-bond acceptors (Lipinski definition) is 3. The third-order valence-corrected chi connectivity index (χ3v) is 4.55. The molecule has 0 aromatic rings. The Balaban J connectivity index is 2.69. The zero-order chi connectivity index (χ0) is 13.4. The Morgan fingerprint density at radius 3 is 2.39 bits per heavy atom. The van der Waals surface area contributed by atoms with Gasteiger partial charge in [0, 0.05) is 25.3 Å². The third kappa shape index (κ3) is 3.94. The van der Waals surface area contributed by atoms with Gasteiger partial charge in [-0.25, -0.2) is 0 Å². The van der Waals surface area contributed by atoms with Gasteiger partial charge in [0.1, 0.15) is 0 Å². The van der Waals surface area contributed by atoms with E-state index in [9.17, 15) is 0 Å². The first-order valence-electron chi connectivity index (χ1n) is 7.57. The van der Waals surface area contributed by atoms with Crippen molar-refractivity contribution in [3.63, 3.8) is 0 Å². The normalized spacial score (nSPS) is 21.2. The number of hydrogen-bond donors (Lipinski definition) is 1. The average Bonchev–Trinajstić information content (AvgIpc) is 2.38. The summed E-state index contributed by atoms with van der Waals surface area (Å²) in [6.45, 7) is 4.16. The van der Waals surface area contributed by atoms with Crippen molar-refractivity contribution < 1.29 is 4.74 Å². The molecule has 1 aliphatic rings. The van der Waals surface area contributed by atoms with Crippen molar-refractivity contribution in [2.45, 2.75) is 63.5 Å². The number of nitrogens with one attached hydrogen (secondary N) is 1. The van der Waals surface area contributed by atoms with E-state index >= 15 is 0 Å². The maximum atomic E-state index is 5.21. The van der Waals surface area contributed by atoms with Crippen molar-refractivity contribution in [1.29, 1.82) is 0 Å². The minimum absolute atomic E-state index is 0.363. The van der Waals surface area contributed by atoms with Gasteiger partial charge in [0.25, 0.3) is 0 Å². The van der Waals surface area contributed by atoms with Crippen LogP contribution in [0.1, 0.15) is 51.9 Å². The van der Waals surface area contributed by atoms with Crippen LogP contribution >= 0.6 is 0 Å². The van der Waals surface area contributed by atoms with Crippen LogP contribution in [0.5, 0.6) is 0 Å². The summed E-state index contributed by atoms with van der Waals surface area (Å²) in [6, 6.07) is 0.605. The predicted octanol–water partition coefficient (Wildman–Crippen LogP) is 2.66. The highest BCUT2D eigenvalue weighted by Gasteiger charge is 2.40. The minimum atomic E-state index is 0.363. The van der Waals surface area contributed by atoms with Gasteiger partial charge < -0.3 is 15.0 Å². The molecule has 18 heavy (non-hydrogen) atoms. The van der Waals surface area contributed by atoms with Gasteiger partial charge >= 0.3 is 0 Å². The fourth-order valence-electron chi connectivity index (χ4n) is 3.51. The van der Waals surface area contributed by atoms with Gasteiger partial charge in [0.05, 0.1) is 0 Å². The second-order valence-electron chi connectivity index (χ2n) is 5.80. The molecule has 1 unspecified atom stereocenters. The SMILES string of the molecule is CCNC(CCCOC)C1(N(C)C)CCCCC1. The summed E-state index contributed by atoms with van der Waals surface area (Å²) in [4.78, 5) is 2.48. The van der Waals surface area contributed by atoms with Gasteiger partial charge in [-0.05, 0) is 46.3 Å².